The van der Waals surface area contributed by atoms with Gasteiger partial charge in [-0.15, -0.1) is 0 Å². The van der Waals surface area contributed by atoms with Crippen LogP contribution in [0.4, 0.5) is 4.79 Å². The molecule has 1 saturated heterocycles. The van der Waals surface area contributed by atoms with Gasteiger partial charge in [0.05, 0.1) is 0 Å². The van der Waals surface area contributed by atoms with E-state index < -0.39 is 5.54 Å². The average molecular weight is 213 g/mol. The number of hydrogen-bond donors (Lipinski definition) is 1. The molecule has 5 nitrogen and oxygen atoms in total. The van der Waals surface area contributed by atoms with Crippen LogP contribution in [-0.2, 0) is 4.79 Å². The monoisotopic (exact) mass is 213 g/mol. The Morgan fingerprint density at radius 1 is 1.40 bits per heavy atom. The van der Waals surface area contributed by atoms with Crippen LogP contribution in [0.3, 0.4) is 0 Å². The van der Waals surface area contributed by atoms with Gasteiger partial charge in [-0.2, -0.15) is 0 Å². The van der Waals surface area contributed by atoms with Gasteiger partial charge in [-0.25, -0.2) is 4.79 Å². The van der Waals surface area contributed by atoms with E-state index in [-0.39, 0.29) is 24.5 Å². The van der Waals surface area contributed by atoms with Crippen LogP contribution in [0.2, 0.25) is 0 Å². The van der Waals surface area contributed by atoms with Crippen LogP contribution in [-0.4, -0.2) is 46.4 Å². The van der Waals surface area contributed by atoms with Gasteiger partial charge >= 0.3 is 6.03 Å². The van der Waals surface area contributed by atoms with E-state index in [0.29, 0.717) is 6.54 Å². The van der Waals surface area contributed by atoms with E-state index in [1.807, 2.05) is 6.92 Å². The standard InChI is InChI=1S/C10H19N3O2/c1-5-12-7(2)8(14)13(9(12)15)6-10(3,4)11/h7H,5-6,11H2,1-4H3. The van der Waals surface area contributed by atoms with Crippen molar-refractivity contribution in [3.05, 3.63) is 0 Å². The summed E-state index contributed by atoms with van der Waals surface area (Å²) in [6, 6.07) is -0.585. The Hall–Kier alpha value is -1.10. The number of carbonyl (C=O) groups excluding carboxylic acids is 2. The van der Waals surface area contributed by atoms with Gasteiger partial charge in [0.25, 0.3) is 5.91 Å². The van der Waals surface area contributed by atoms with Gasteiger partial charge in [0, 0.05) is 18.6 Å². The fraction of sp³-hybridized carbons (Fsp3) is 0.800. The number of nitrogens with zero attached hydrogens (tertiary/aromatic N) is 2. The maximum Gasteiger partial charge on any atom is 0.327 e. The first-order valence-corrected chi connectivity index (χ1v) is 5.19. The van der Waals surface area contributed by atoms with E-state index in [2.05, 4.69) is 0 Å². The summed E-state index contributed by atoms with van der Waals surface area (Å²) in [5, 5.41) is 0. The number of amides is 3. The topological polar surface area (TPSA) is 66.6 Å². The third-order valence-corrected chi connectivity index (χ3v) is 2.47. The molecule has 0 aromatic carbocycles. The largest absolute Gasteiger partial charge is 0.327 e. The Balaban J connectivity index is 2.84. The molecule has 0 aliphatic carbocycles. The van der Waals surface area contributed by atoms with Gasteiger partial charge in [-0.1, -0.05) is 0 Å². The molecule has 0 saturated carbocycles. The van der Waals surface area contributed by atoms with Crippen LogP contribution in [0, 0.1) is 0 Å². The second-order valence-corrected chi connectivity index (χ2v) is 4.66. The second kappa shape index (κ2) is 3.81. The van der Waals surface area contributed by atoms with Gasteiger partial charge in [0.15, 0.2) is 0 Å². The normalized spacial score (nSPS) is 22.9. The molecule has 1 aliphatic heterocycles. The van der Waals surface area contributed by atoms with Crippen LogP contribution < -0.4 is 5.73 Å². The lowest BCUT2D eigenvalue weighted by molar-refractivity contribution is -0.128. The van der Waals surface area contributed by atoms with Crippen molar-refractivity contribution in [2.75, 3.05) is 13.1 Å². The highest BCUT2D eigenvalue weighted by atomic mass is 16.2. The van der Waals surface area contributed by atoms with Crippen molar-refractivity contribution in [3.8, 4) is 0 Å². The molecule has 5 heteroatoms. The second-order valence-electron chi connectivity index (χ2n) is 4.66. The SMILES string of the molecule is CCN1C(=O)N(CC(C)(C)N)C(=O)C1C. The zero-order valence-electron chi connectivity index (χ0n) is 9.78. The molecular weight excluding hydrogens is 194 g/mol. The third-order valence-electron chi connectivity index (χ3n) is 2.47. The highest BCUT2D eigenvalue weighted by Gasteiger charge is 2.42. The lowest BCUT2D eigenvalue weighted by Gasteiger charge is -2.24. The average Bonchev–Trinajstić information content (AvgIpc) is 2.28. The highest BCUT2D eigenvalue weighted by Crippen LogP contribution is 2.18. The van der Waals surface area contributed by atoms with E-state index in [1.165, 1.54) is 4.90 Å². The molecule has 2 N–H and O–H groups in total. The Labute approximate surface area is 90.2 Å². The molecule has 1 aliphatic rings. The fourth-order valence-corrected chi connectivity index (χ4v) is 1.74. The number of hydrogen-bond acceptors (Lipinski definition) is 3. The van der Waals surface area contributed by atoms with E-state index in [4.69, 9.17) is 5.73 Å². The molecule has 1 rings (SSSR count). The van der Waals surface area contributed by atoms with Crippen LogP contribution in [0.25, 0.3) is 0 Å². The third kappa shape index (κ3) is 2.28. The number of likely N-dealkylation sites (N-methyl/N-ethyl adjacent to an activating group) is 1. The first-order valence-electron chi connectivity index (χ1n) is 5.19. The molecule has 0 aromatic heterocycles. The van der Waals surface area contributed by atoms with E-state index in [1.54, 1.807) is 25.7 Å². The summed E-state index contributed by atoms with van der Waals surface area (Å²) in [5.74, 6) is -0.152. The maximum absolute atomic E-state index is 11.8. The van der Waals surface area contributed by atoms with Crippen LogP contribution >= 0.6 is 0 Å². The molecule has 0 radical (unpaired) electrons. The van der Waals surface area contributed by atoms with Crippen LogP contribution in [0.15, 0.2) is 0 Å². The summed E-state index contributed by atoms with van der Waals surface area (Å²) < 4.78 is 0. The molecule has 0 aromatic rings. The molecular formula is C10H19N3O2. The lowest BCUT2D eigenvalue weighted by Crippen LogP contribution is -2.48. The Kier molecular flexibility index (Phi) is 3.04. The number of imide groups is 1. The molecule has 1 fully saturated rings. The summed E-state index contributed by atoms with van der Waals surface area (Å²) in [6.45, 7) is 8.02. The van der Waals surface area contributed by atoms with E-state index in [0.717, 1.165) is 0 Å². The van der Waals surface area contributed by atoms with E-state index in [9.17, 15) is 9.59 Å². The van der Waals surface area contributed by atoms with Gasteiger partial charge in [-0.05, 0) is 27.7 Å². The minimum Gasteiger partial charge on any atom is -0.324 e. The molecule has 15 heavy (non-hydrogen) atoms. The Morgan fingerprint density at radius 3 is 2.27 bits per heavy atom. The number of urea groups is 1. The molecule has 1 unspecified atom stereocenters. The van der Waals surface area contributed by atoms with Crippen molar-refractivity contribution in [3.63, 3.8) is 0 Å². The first kappa shape index (κ1) is 12.0. The quantitative estimate of drug-likeness (QED) is 0.690. The van der Waals surface area contributed by atoms with Crippen molar-refractivity contribution in [1.82, 2.24) is 9.80 Å². The minimum atomic E-state index is -0.547. The van der Waals surface area contributed by atoms with Crippen molar-refractivity contribution in [2.45, 2.75) is 39.3 Å². The van der Waals surface area contributed by atoms with Crippen molar-refractivity contribution in [1.29, 1.82) is 0 Å². The van der Waals surface area contributed by atoms with Gasteiger partial charge < -0.3 is 10.6 Å². The molecule has 3 amide bonds. The number of rotatable bonds is 3. The first-order chi connectivity index (χ1) is 6.78. The summed E-state index contributed by atoms with van der Waals surface area (Å²) in [5.41, 5.74) is 5.26. The number of nitrogens with two attached hydrogens (primary N) is 1. The summed E-state index contributed by atoms with van der Waals surface area (Å²) in [7, 11) is 0. The summed E-state index contributed by atoms with van der Waals surface area (Å²) >= 11 is 0. The van der Waals surface area contributed by atoms with Crippen molar-refractivity contribution < 1.29 is 9.59 Å². The predicted molar refractivity (Wildman–Crippen MR) is 57.2 cm³/mol. The highest BCUT2D eigenvalue weighted by molar-refractivity contribution is 6.04. The van der Waals surface area contributed by atoms with E-state index >= 15 is 0 Å². The number of carbonyl (C=O) groups is 2. The molecule has 1 atom stereocenters. The Bertz CT molecular complexity index is 283. The van der Waals surface area contributed by atoms with Gasteiger partial charge in [0.1, 0.15) is 6.04 Å². The smallest absolute Gasteiger partial charge is 0.324 e. The van der Waals surface area contributed by atoms with Crippen molar-refractivity contribution in [2.24, 2.45) is 5.73 Å². The summed E-state index contributed by atoms with van der Waals surface area (Å²) in [4.78, 5) is 26.4. The molecule has 86 valence electrons. The van der Waals surface area contributed by atoms with Gasteiger partial charge in [0.2, 0.25) is 0 Å². The van der Waals surface area contributed by atoms with Crippen LogP contribution in [0.5, 0.6) is 0 Å². The maximum atomic E-state index is 11.8. The predicted octanol–water partition coefficient (Wildman–Crippen LogP) is 0.396. The van der Waals surface area contributed by atoms with Gasteiger partial charge in [-0.3, -0.25) is 9.69 Å². The zero-order chi connectivity index (χ0) is 11.8. The summed E-state index contributed by atoms with van der Waals surface area (Å²) in [6.07, 6.45) is 0. The minimum absolute atomic E-state index is 0.152. The zero-order valence-corrected chi connectivity index (χ0v) is 9.78. The molecule has 0 bridgehead atoms. The van der Waals surface area contributed by atoms with Crippen LogP contribution in [0.1, 0.15) is 27.7 Å². The lowest BCUT2D eigenvalue weighted by atomic mass is 10.1. The van der Waals surface area contributed by atoms with Crippen molar-refractivity contribution >= 4 is 11.9 Å². The fourth-order valence-electron chi connectivity index (χ4n) is 1.74. The molecule has 0 spiro atoms. The Morgan fingerprint density at radius 2 is 1.93 bits per heavy atom. The molecule has 1 heterocycles.